The Labute approximate surface area is 104 Å². The number of hydrogen-bond donors (Lipinski definition) is 2. The van der Waals surface area contributed by atoms with Crippen molar-refractivity contribution in [3.63, 3.8) is 0 Å². The van der Waals surface area contributed by atoms with Crippen molar-refractivity contribution in [2.75, 3.05) is 13.6 Å². The second-order valence-electron chi connectivity index (χ2n) is 5.00. The fraction of sp³-hybridized carbons (Fsp3) is 0.643. The smallest absolute Gasteiger partial charge is 0.0312 e. The van der Waals surface area contributed by atoms with Crippen molar-refractivity contribution >= 4 is 0 Å². The van der Waals surface area contributed by atoms with E-state index in [-0.39, 0.29) is 0 Å². The quantitative estimate of drug-likeness (QED) is 0.816. The summed E-state index contributed by atoms with van der Waals surface area (Å²) in [5, 5.41) is 6.92. The third-order valence-corrected chi connectivity index (χ3v) is 3.74. The van der Waals surface area contributed by atoms with Crippen LogP contribution in [0.2, 0.25) is 0 Å². The Kier molecular flexibility index (Phi) is 4.95. The lowest BCUT2D eigenvalue weighted by molar-refractivity contribution is 0.292. The lowest BCUT2D eigenvalue weighted by Gasteiger charge is -2.28. The van der Waals surface area contributed by atoms with Crippen molar-refractivity contribution in [2.45, 2.75) is 38.3 Å². The molecule has 0 amide bonds. The lowest BCUT2D eigenvalue weighted by Crippen LogP contribution is -2.33. The molecule has 1 aromatic rings. The SMILES string of the molecule is CNC1CCC(CNCc2cccnc2)CC1. The van der Waals surface area contributed by atoms with E-state index in [1.165, 1.54) is 31.2 Å². The molecule has 0 aromatic carbocycles. The molecule has 94 valence electrons. The first-order valence-corrected chi connectivity index (χ1v) is 6.65. The molecule has 2 N–H and O–H groups in total. The van der Waals surface area contributed by atoms with Crippen molar-refractivity contribution in [1.29, 1.82) is 0 Å². The maximum Gasteiger partial charge on any atom is 0.0312 e. The number of pyridine rings is 1. The van der Waals surface area contributed by atoms with Gasteiger partial charge >= 0.3 is 0 Å². The van der Waals surface area contributed by atoms with E-state index in [0.29, 0.717) is 0 Å². The molecule has 17 heavy (non-hydrogen) atoms. The molecule has 1 saturated carbocycles. The van der Waals surface area contributed by atoms with E-state index in [9.17, 15) is 0 Å². The highest BCUT2D eigenvalue weighted by molar-refractivity contribution is 5.07. The first-order chi connectivity index (χ1) is 8.38. The van der Waals surface area contributed by atoms with Crippen molar-refractivity contribution in [2.24, 2.45) is 5.92 Å². The van der Waals surface area contributed by atoms with Gasteiger partial charge in [0.1, 0.15) is 0 Å². The zero-order valence-corrected chi connectivity index (χ0v) is 10.7. The molecular formula is C14H23N3. The highest BCUT2D eigenvalue weighted by Gasteiger charge is 2.19. The van der Waals surface area contributed by atoms with E-state index in [0.717, 1.165) is 25.0 Å². The van der Waals surface area contributed by atoms with Gasteiger partial charge in [0.25, 0.3) is 0 Å². The van der Waals surface area contributed by atoms with Gasteiger partial charge in [-0.3, -0.25) is 4.98 Å². The van der Waals surface area contributed by atoms with Gasteiger partial charge in [-0.15, -0.1) is 0 Å². The van der Waals surface area contributed by atoms with Crippen LogP contribution >= 0.6 is 0 Å². The minimum atomic E-state index is 0.754. The van der Waals surface area contributed by atoms with Crippen molar-refractivity contribution < 1.29 is 0 Å². The summed E-state index contributed by atoms with van der Waals surface area (Å²) in [5.41, 5.74) is 1.27. The molecule has 3 heteroatoms. The van der Waals surface area contributed by atoms with E-state index < -0.39 is 0 Å². The molecule has 3 nitrogen and oxygen atoms in total. The molecule has 0 saturated heterocycles. The van der Waals surface area contributed by atoms with Crippen LogP contribution in [0.15, 0.2) is 24.5 Å². The standard InChI is InChI=1S/C14H23N3/c1-15-14-6-4-12(5-7-14)9-17-11-13-3-2-8-16-10-13/h2-3,8,10,12,14-15,17H,4-7,9,11H2,1H3. The molecule has 0 atom stereocenters. The normalized spacial score (nSPS) is 24.8. The molecule has 0 unspecified atom stereocenters. The third kappa shape index (κ3) is 4.10. The first-order valence-electron chi connectivity index (χ1n) is 6.65. The van der Waals surface area contributed by atoms with Gasteiger partial charge in [0.2, 0.25) is 0 Å². The zero-order valence-electron chi connectivity index (χ0n) is 10.7. The predicted octanol–water partition coefficient (Wildman–Crippen LogP) is 1.95. The van der Waals surface area contributed by atoms with Crippen molar-refractivity contribution in [3.05, 3.63) is 30.1 Å². The monoisotopic (exact) mass is 233 g/mol. The molecule has 1 aliphatic carbocycles. The van der Waals surface area contributed by atoms with Gasteiger partial charge in [-0.25, -0.2) is 0 Å². The fourth-order valence-corrected chi connectivity index (χ4v) is 2.58. The Balaban J connectivity index is 1.63. The average Bonchev–Trinajstić information content (AvgIpc) is 2.41. The predicted molar refractivity (Wildman–Crippen MR) is 70.7 cm³/mol. The van der Waals surface area contributed by atoms with Gasteiger partial charge in [-0.1, -0.05) is 6.07 Å². The number of rotatable bonds is 5. The summed E-state index contributed by atoms with van der Waals surface area (Å²) in [5.74, 6) is 0.858. The van der Waals surface area contributed by atoms with Crippen LogP contribution in [0.4, 0.5) is 0 Å². The highest BCUT2D eigenvalue weighted by Crippen LogP contribution is 2.23. The number of nitrogens with zero attached hydrogens (tertiary/aromatic N) is 1. The fourth-order valence-electron chi connectivity index (χ4n) is 2.58. The molecular weight excluding hydrogens is 210 g/mol. The van der Waals surface area contributed by atoms with E-state index >= 15 is 0 Å². The van der Waals surface area contributed by atoms with Gasteiger partial charge in [-0.05, 0) is 56.8 Å². The van der Waals surface area contributed by atoms with Crippen LogP contribution in [0.25, 0.3) is 0 Å². The second-order valence-corrected chi connectivity index (χ2v) is 5.00. The van der Waals surface area contributed by atoms with Crippen LogP contribution in [0.3, 0.4) is 0 Å². The zero-order chi connectivity index (χ0) is 11.9. The average molecular weight is 233 g/mol. The van der Waals surface area contributed by atoms with Crippen molar-refractivity contribution in [3.8, 4) is 0 Å². The van der Waals surface area contributed by atoms with Gasteiger partial charge in [-0.2, -0.15) is 0 Å². The molecule has 0 bridgehead atoms. The third-order valence-electron chi connectivity index (χ3n) is 3.74. The summed E-state index contributed by atoms with van der Waals surface area (Å²) in [6.07, 6.45) is 9.12. The van der Waals surface area contributed by atoms with Crippen LogP contribution < -0.4 is 10.6 Å². The second kappa shape index (κ2) is 6.72. The Morgan fingerprint density at radius 2 is 2.12 bits per heavy atom. The van der Waals surface area contributed by atoms with Gasteiger partial charge in [0.15, 0.2) is 0 Å². The van der Waals surface area contributed by atoms with Gasteiger partial charge in [0.05, 0.1) is 0 Å². The van der Waals surface area contributed by atoms with Gasteiger partial charge in [0, 0.05) is 25.0 Å². The van der Waals surface area contributed by atoms with E-state index in [1.807, 2.05) is 18.5 Å². The topological polar surface area (TPSA) is 37.0 Å². The molecule has 0 aliphatic heterocycles. The van der Waals surface area contributed by atoms with Crippen molar-refractivity contribution in [1.82, 2.24) is 15.6 Å². The molecule has 1 heterocycles. The van der Waals surface area contributed by atoms with Gasteiger partial charge < -0.3 is 10.6 Å². The molecule has 1 fully saturated rings. The number of hydrogen-bond acceptors (Lipinski definition) is 3. The maximum atomic E-state index is 4.12. The molecule has 2 rings (SSSR count). The summed E-state index contributed by atoms with van der Waals surface area (Å²) < 4.78 is 0. The largest absolute Gasteiger partial charge is 0.317 e. The number of nitrogens with one attached hydrogen (secondary N) is 2. The Hall–Kier alpha value is -0.930. The molecule has 1 aromatic heterocycles. The summed E-state index contributed by atoms with van der Waals surface area (Å²) in [6, 6.07) is 4.87. The molecule has 1 aliphatic rings. The van der Waals surface area contributed by atoms with E-state index in [2.05, 4.69) is 28.7 Å². The maximum absolute atomic E-state index is 4.12. The summed E-state index contributed by atoms with van der Waals surface area (Å²) in [6.45, 7) is 2.09. The Morgan fingerprint density at radius 3 is 2.76 bits per heavy atom. The summed E-state index contributed by atoms with van der Waals surface area (Å²) in [4.78, 5) is 4.12. The Morgan fingerprint density at radius 1 is 1.29 bits per heavy atom. The van der Waals surface area contributed by atoms with Crippen LogP contribution in [0.5, 0.6) is 0 Å². The lowest BCUT2D eigenvalue weighted by atomic mass is 9.86. The van der Waals surface area contributed by atoms with Crippen LogP contribution in [-0.2, 0) is 6.54 Å². The molecule has 0 spiro atoms. The first kappa shape index (κ1) is 12.5. The number of aromatic nitrogens is 1. The van der Waals surface area contributed by atoms with Crippen LogP contribution in [0, 0.1) is 5.92 Å². The van der Waals surface area contributed by atoms with Crippen LogP contribution in [0.1, 0.15) is 31.2 Å². The highest BCUT2D eigenvalue weighted by atomic mass is 14.9. The minimum Gasteiger partial charge on any atom is -0.317 e. The summed E-state index contributed by atoms with van der Waals surface area (Å²) >= 11 is 0. The van der Waals surface area contributed by atoms with E-state index in [1.54, 1.807) is 0 Å². The summed E-state index contributed by atoms with van der Waals surface area (Å²) in [7, 11) is 2.08. The van der Waals surface area contributed by atoms with Crippen LogP contribution in [-0.4, -0.2) is 24.6 Å². The molecule has 0 radical (unpaired) electrons. The minimum absolute atomic E-state index is 0.754. The Bertz CT molecular complexity index is 305. The van der Waals surface area contributed by atoms with E-state index in [4.69, 9.17) is 0 Å².